The van der Waals surface area contributed by atoms with Crippen molar-refractivity contribution >= 4 is 11.6 Å². The van der Waals surface area contributed by atoms with Gasteiger partial charge in [0.05, 0.1) is 5.02 Å². The predicted octanol–water partition coefficient (Wildman–Crippen LogP) is 2.86. The van der Waals surface area contributed by atoms with Crippen LogP contribution in [-0.2, 0) is 6.54 Å². The minimum absolute atomic E-state index is 0.193. The van der Waals surface area contributed by atoms with Crippen molar-refractivity contribution in [3.63, 3.8) is 0 Å². The van der Waals surface area contributed by atoms with Gasteiger partial charge in [-0.25, -0.2) is 4.39 Å². The molecule has 1 aliphatic heterocycles. The smallest absolute Gasteiger partial charge is 0.142 e. The molecule has 0 N–H and O–H groups in total. The zero-order valence-electron chi connectivity index (χ0n) is 11.0. The predicted molar refractivity (Wildman–Crippen MR) is 73.3 cm³/mol. The summed E-state index contributed by atoms with van der Waals surface area (Å²) >= 11 is 5.68. The van der Waals surface area contributed by atoms with Crippen LogP contribution in [0, 0.1) is 11.7 Å². The van der Waals surface area contributed by atoms with Gasteiger partial charge in [0.15, 0.2) is 0 Å². The Morgan fingerprint density at radius 1 is 1.50 bits per heavy atom. The SMILES string of the molecule is CN1CC[C@H](CN(C)Cc2ccc(Cl)c(F)c2)C1. The van der Waals surface area contributed by atoms with Gasteiger partial charge in [0, 0.05) is 19.6 Å². The Kier molecular flexibility index (Phi) is 4.60. The summed E-state index contributed by atoms with van der Waals surface area (Å²) < 4.78 is 13.3. The summed E-state index contributed by atoms with van der Waals surface area (Å²) in [5, 5.41) is 0.193. The molecule has 0 radical (unpaired) electrons. The quantitative estimate of drug-likeness (QED) is 0.830. The Balaban J connectivity index is 1.86. The zero-order valence-corrected chi connectivity index (χ0v) is 11.8. The lowest BCUT2D eigenvalue weighted by atomic mass is 10.1. The molecule has 1 atom stereocenters. The van der Waals surface area contributed by atoms with Crippen LogP contribution in [0.25, 0.3) is 0 Å². The van der Waals surface area contributed by atoms with Crippen molar-refractivity contribution in [1.82, 2.24) is 9.80 Å². The number of rotatable bonds is 4. The van der Waals surface area contributed by atoms with E-state index < -0.39 is 0 Å². The van der Waals surface area contributed by atoms with Crippen molar-refractivity contribution in [2.75, 3.05) is 33.7 Å². The normalized spacial score (nSPS) is 20.8. The molecular weight excluding hydrogens is 251 g/mol. The molecule has 18 heavy (non-hydrogen) atoms. The maximum atomic E-state index is 13.3. The summed E-state index contributed by atoms with van der Waals surface area (Å²) in [5.41, 5.74) is 0.978. The first-order chi connectivity index (χ1) is 8.54. The van der Waals surface area contributed by atoms with Gasteiger partial charge in [0.25, 0.3) is 0 Å². The number of likely N-dealkylation sites (tertiary alicyclic amines) is 1. The van der Waals surface area contributed by atoms with Gasteiger partial charge in [-0.15, -0.1) is 0 Å². The summed E-state index contributed by atoms with van der Waals surface area (Å²) in [4.78, 5) is 4.62. The fourth-order valence-electron chi connectivity index (χ4n) is 2.63. The zero-order chi connectivity index (χ0) is 13.1. The Hall–Kier alpha value is -0.640. The summed E-state index contributed by atoms with van der Waals surface area (Å²) in [6, 6.07) is 5.05. The number of hydrogen-bond donors (Lipinski definition) is 0. The molecule has 1 aliphatic rings. The topological polar surface area (TPSA) is 6.48 Å². The molecule has 1 heterocycles. The highest BCUT2D eigenvalue weighted by Gasteiger charge is 2.20. The molecule has 0 aromatic heterocycles. The van der Waals surface area contributed by atoms with E-state index in [9.17, 15) is 4.39 Å². The van der Waals surface area contributed by atoms with E-state index in [-0.39, 0.29) is 10.8 Å². The molecule has 1 saturated heterocycles. The van der Waals surface area contributed by atoms with Crippen molar-refractivity contribution < 1.29 is 4.39 Å². The first kappa shape index (κ1) is 13.8. The molecule has 1 aromatic rings. The summed E-state index contributed by atoms with van der Waals surface area (Å²) in [5.74, 6) is 0.403. The first-order valence-corrected chi connectivity index (χ1v) is 6.73. The standard InChI is InChI=1S/C14H20ClFN2/c1-17-6-5-12(9-17)10-18(2)8-11-3-4-13(15)14(16)7-11/h3-4,7,12H,5-6,8-10H2,1-2H3/t12-/m0/s1. The van der Waals surface area contributed by atoms with Crippen LogP contribution >= 0.6 is 11.6 Å². The summed E-state index contributed by atoms with van der Waals surface area (Å²) in [6.45, 7) is 4.19. The Morgan fingerprint density at radius 2 is 2.28 bits per heavy atom. The maximum absolute atomic E-state index is 13.3. The number of benzene rings is 1. The largest absolute Gasteiger partial charge is 0.306 e. The summed E-state index contributed by atoms with van der Waals surface area (Å²) in [6.07, 6.45) is 1.26. The van der Waals surface area contributed by atoms with Gasteiger partial charge >= 0.3 is 0 Å². The molecule has 1 aromatic carbocycles. The lowest BCUT2D eigenvalue weighted by Gasteiger charge is -2.21. The van der Waals surface area contributed by atoms with Gasteiger partial charge in [-0.1, -0.05) is 17.7 Å². The molecule has 0 aliphatic carbocycles. The van der Waals surface area contributed by atoms with Gasteiger partial charge in [-0.2, -0.15) is 0 Å². The average molecular weight is 271 g/mol. The lowest BCUT2D eigenvalue weighted by molar-refractivity contribution is 0.267. The molecule has 2 rings (SSSR count). The Bertz CT molecular complexity index is 411. The monoisotopic (exact) mass is 270 g/mol. The average Bonchev–Trinajstić information content (AvgIpc) is 2.69. The molecule has 0 saturated carbocycles. The first-order valence-electron chi connectivity index (χ1n) is 6.35. The van der Waals surface area contributed by atoms with E-state index in [0.29, 0.717) is 0 Å². The van der Waals surface area contributed by atoms with Gasteiger partial charge in [-0.3, -0.25) is 0 Å². The van der Waals surface area contributed by atoms with E-state index in [1.54, 1.807) is 6.07 Å². The maximum Gasteiger partial charge on any atom is 0.142 e. The second kappa shape index (κ2) is 6.00. The van der Waals surface area contributed by atoms with Gasteiger partial charge in [0.2, 0.25) is 0 Å². The van der Waals surface area contributed by atoms with E-state index in [1.165, 1.54) is 25.6 Å². The minimum Gasteiger partial charge on any atom is -0.306 e. The van der Waals surface area contributed by atoms with Crippen LogP contribution in [0.1, 0.15) is 12.0 Å². The van der Waals surface area contributed by atoms with E-state index in [1.807, 2.05) is 6.07 Å². The fourth-order valence-corrected chi connectivity index (χ4v) is 2.75. The molecule has 0 amide bonds. The molecule has 4 heteroatoms. The van der Waals surface area contributed by atoms with Crippen molar-refractivity contribution in [2.45, 2.75) is 13.0 Å². The van der Waals surface area contributed by atoms with Crippen LogP contribution in [0.4, 0.5) is 4.39 Å². The highest BCUT2D eigenvalue weighted by Crippen LogP contribution is 2.18. The van der Waals surface area contributed by atoms with E-state index in [0.717, 1.165) is 24.6 Å². The Morgan fingerprint density at radius 3 is 2.89 bits per heavy atom. The third-order valence-corrected chi connectivity index (χ3v) is 3.80. The van der Waals surface area contributed by atoms with Crippen LogP contribution in [0.2, 0.25) is 5.02 Å². The third-order valence-electron chi connectivity index (χ3n) is 3.50. The lowest BCUT2D eigenvalue weighted by Crippen LogP contribution is -2.27. The second-order valence-electron chi connectivity index (χ2n) is 5.36. The molecule has 0 spiro atoms. The fraction of sp³-hybridized carbons (Fsp3) is 0.571. The van der Waals surface area contributed by atoms with E-state index in [4.69, 9.17) is 11.6 Å². The van der Waals surface area contributed by atoms with Gasteiger partial charge in [-0.05, 0) is 50.7 Å². The van der Waals surface area contributed by atoms with Crippen molar-refractivity contribution in [1.29, 1.82) is 0 Å². The molecular formula is C14H20ClFN2. The van der Waals surface area contributed by atoms with E-state index >= 15 is 0 Å². The minimum atomic E-state index is -0.330. The van der Waals surface area contributed by atoms with Crippen molar-refractivity contribution in [3.05, 3.63) is 34.6 Å². The van der Waals surface area contributed by atoms with Crippen molar-refractivity contribution in [3.8, 4) is 0 Å². The number of nitrogens with zero attached hydrogens (tertiary/aromatic N) is 2. The van der Waals surface area contributed by atoms with Crippen LogP contribution < -0.4 is 0 Å². The molecule has 2 nitrogen and oxygen atoms in total. The van der Waals surface area contributed by atoms with Crippen LogP contribution in [0.5, 0.6) is 0 Å². The molecule has 100 valence electrons. The summed E-state index contributed by atoms with van der Waals surface area (Å²) in [7, 11) is 4.25. The van der Waals surface area contributed by atoms with E-state index in [2.05, 4.69) is 23.9 Å². The second-order valence-corrected chi connectivity index (χ2v) is 5.77. The highest BCUT2D eigenvalue weighted by molar-refractivity contribution is 6.30. The molecule has 1 fully saturated rings. The Labute approximate surface area is 113 Å². The van der Waals surface area contributed by atoms with Crippen LogP contribution in [0.3, 0.4) is 0 Å². The van der Waals surface area contributed by atoms with Gasteiger partial charge < -0.3 is 9.80 Å². The van der Waals surface area contributed by atoms with Crippen LogP contribution in [-0.4, -0.2) is 43.5 Å². The van der Waals surface area contributed by atoms with Crippen LogP contribution in [0.15, 0.2) is 18.2 Å². The number of halogens is 2. The highest BCUT2D eigenvalue weighted by atomic mass is 35.5. The molecule has 0 bridgehead atoms. The molecule has 0 unspecified atom stereocenters. The number of hydrogen-bond acceptors (Lipinski definition) is 2. The van der Waals surface area contributed by atoms with Gasteiger partial charge in [0.1, 0.15) is 5.82 Å². The van der Waals surface area contributed by atoms with Crippen molar-refractivity contribution in [2.24, 2.45) is 5.92 Å². The third kappa shape index (κ3) is 3.67.